The average molecular weight is 615 g/mol. The Labute approximate surface area is 255 Å². The summed E-state index contributed by atoms with van der Waals surface area (Å²) in [7, 11) is 0. The number of aliphatic hydroxyl groups excluding tert-OH is 1. The summed E-state index contributed by atoms with van der Waals surface area (Å²) in [4.78, 5) is 64.5. The number of hydrogen-bond donors (Lipinski definition) is 5. The van der Waals surface area contributed by atoms with Crippen molar-refractivity contribution in [3.8, 4) is 0 Å². The van der Waals surface area contributed by atoms with Crippen LogP contribution in [0.5, 0.6) is 0 Å². The van der Waals surface area contributed by atoms with Gasteiger partial charge in [-0.15, -0.1) is 0 Å². The third-order valence-electron chi connectivity index (χ3n) is 7.90. The van der Waals surface area contributed by atoms with Crippen LogP contribution in [-0.4, -0.2) is 81.8 Å². The molecule has 0 radical (unpaired) electrons. The van der Waals surface area contributed by atoms with Crippen LogP contribution in [0.3, 0.4) is 0 Å². The maximum atomic E-state index is 14.8. The van der Waals surface area contributed by atoms with Crippen LogP contribution in [0.1, 0.15) is 44.7 Å². The second-order valence-corrected chi connectivity index (χ2v) is 12.0. The van der Waals surface area contributed by atoms with E-state index in [1.165, 1.54) is 0 Å². The number of benzene rings is 2. The molecule has 1 heterocycles. The highest BCUT2D eigenvalue weighted by Gasteiger charge is 2.63. The van der Waals surface area contributed by atoms with E-state index < -0.39 is 83.1 Å². The topological polar surface area (TPSA) is 191 Å². The van der Waals surface area contributed by atoms with Gasteiger partial charge in [-0.25, -0.2) is 18.5 Å². The van der Waals surface area contributed by atoms with E-state index in [2.05, 4.69) is 10.6 Å². The smallest absolute Gasteiger partial charge is 0.408 e. The van der Waals surface area contributed by atoms with Gasteiger partial charge in [0.15, 0.2) is 18.3 Å². The Hall–Kier alpha value is -4.36. The Balaban J connectivity index is 1.89. The number of carbonyl (C=O) groups is 5. The predicted octanol–water partition coefficient (Wildman–Crippen LogP) is 0.983. The van der Waals surface area contributed by atoms with Crippen molar-refractivity contribution in [2.45, 2.75) is 82.6 Å². The number of alkyl halides is 1. The van der Waals surface area contributed by atoms with Crippen LogP contribution in [0.2, 0.25) is 0 Å². The minimum Gasteiger partial charge on any atom is -0.445 e. The summed E-state index contributed by atoms with van der Waals surface area (Å²) in [5.74, 6) is -3.61. The van der Waals surface area contributed by atoms with Crippen LogP contribution >= 0.6 is 0 Å². The zero-order valence-corrected chi connectivity index (χ0v) is 25.1. The second-order valence-electron chi connectivity index (χ2n) is 12.0. The molecule has 7 N–H and O–H groups in total. The number of carbonyl (C=O) groups excluding carboxylic acids is 5. The van der Waals surface area contributed by atoms with Gasteiger partial charge in [0, 0.05) is 6.42 Å². The number of rotatable bonds is 12. The molecular weight excluding hydrogens is 573 g/mol. The number of halogens is 1. The molecule has 0 aromatic heterocycles. The Kier molecular flexibility index (Phi) is 11.2. The van der Waals surface area contributed by atoms with Crippen LogP contribution in [0.4, 0.5) is 9.18 Å². The molecule has 1 fully saturated rings. The van der Waals surface area contributed by atoms with Crippen molar-refractivity contribution in [3.63, 3.8) is 0 Å². The predicted molar refractivity (Wildman–Crippen MR) is 158 cm³/mol. The number of likely N-dealkylation sites (tertiary alicyclic amines) is 1. The summed E-state index contributed by atoms with van der Waals surface area (Å²) in [6, 6.07) is 13.3. The number of alkyl carbamates (subject to hydrolysis) is 1. The van der Waals surface area contributed by atoms with Gasteiger partial charge in [-0.1, -0.05) is 60.7 Å². The number of aliphatic hydroxyl groups is 1. The number of nitrogens with zero attached hydrogens (tertiary/aromatic N) is 1. The minimum absolute atomic E-state index is 0.0638. The van der Waals surface area contributed by atoms with Crippen molar-refractivity contribution >= 4 is 29.7 Å². The summed E-state index contributed by atoms with van der Waals surface area (Å²) in [5, 5.41) is 16.4. The molecule has 13 heteroatoms. The standard InChI is InChI=1S/C31H40FN5O7/c1-31(2,3)37(17-21(32)15-24(37)27(34)40)29(42)26(39)22(14-19-10-6-4-7-11-19)35-28(41)23(16-25(33)38)36-30(43)44-18-20-12-8-5-9-13-20/h4-13,21-24,26,39H,14-18H2,1-3H3,(H5-,33,34,35,36,38,40,41,43)/p+1/t21-,22-,23-,24-,26-,37?/m0/s1. The Morgan fingerprint density at radius 1 is 0.977 bits per heavy atom. The molecule has 0 spiro atoms. The number of hydrogen-bond acceptors (Lipinski definition) is 7. The number of nitrogens with two attached hydrogens (primary N) is 2. The van der Waals surface area contributed by atoms with Gasteiger partial charge in [-0.2, -0.15) is 0 Å². The van der Waals surface area contributed by atoms with E-state index in [-0.39, 0.29) is 19.4 Å². The number of ether oxygens (including phenoxy) is 1. The molecule has 6 atom stereocenters. The van der Waals surface area contributed by atoms with Gasteiger partial charge >= 0.3 is 12.0 Å². The zero-order chi connectivity index (χ0) is 32.7. The van der Waals surface area contributed by atoms with Gasteiger partial charge in [0.2, 0.25) is 11.8 Å². The zero-order valence-electron chi connectivity index (χ0n) is 25.1. The van der Waals surface area contributed by atoms with E-state index in [4.69, 9.17) is 16.2 Å². The quantitative estimate of drug-likeness (QED) is 0.220. The lowest BCUT2D eigenvalue weighted by atomic mass is 9.93. The summed E-state index contributed by atoms with van der Waals surface area (Å²) in [6.07, 6.45) is -5.44. The highest BCUT2D eigenvalue weighted by atomic mass is 19.1. The molecule has 12 nitrogen and oxygen atoms in total. The summed E-state index contributed by atoms with van der Waals surface area (Å²) < 4.78 is 19.2. The van der Waals surface area contributed by atoms with Gasteiger partial charge in [-0.05, 0) is 38.3 Å². The molecule has 5 amide bonds. The molecule has 1 saturated heterocycles. The van der Waals surface area contributed by atoms with Gasteiger partial charge in [0.1, 0.15) is 19.2 Å². The lowest BCUT2D eigenvalue weighted by Crippen LogP contribution is -2.73. The third-order valence-corrected chi connectivity index (χ3v) is 7.90. The number of primary amides is 2. The van der Waals surface area contributed by atoms with Gasteiger partial charge in [0.05, 0.1) is 18.0 Å². The molecule has 3 rings (SSSR count). The van der Waals surface area contributed by atoms with Crippen molar-refractivity contribution in [3.05, 3.63) is 71.8 Å². The van der Waals surface area contributed by atoms with Crippen LogP contribution in [0, 0.1) is 0 Å². The van der Waals surface area contributed by atoms with Gasteiger partial charge < -0.3 is 31.9 Å². The molecule has 0 saturated carbocycles. The van der Waals surface area contributed by atoms with E-state index >= 15 is 0 Å². The Morgan fingerprint density at radius 3 is 2.07 bits per heavy atom. The first-order valence-corrected chi connectivity index (χ1v) is 14.3. The highest BCUT2D eigenvalue weighted by Crippen LogP contribution is 2.39. The molecular formula is C31H41FN5O7+. The summed E-state index contributed by atoms with van der Waals surface area (Å²) >= 11 is 0. The molecule has 0 aliphatic carbocycles. The SMILES string of the molecule is CC(C)(C)[N+]1(C(=O)[C@@H](O)[C@H](Cc2ccccc2)NC(=O)[C@H](CC(N)=O)NC(=O)OCc2ccccc2)C[C@@H](F)C[C@H]1C(N)=O. The Bertz CT molecular complexity index is 1340. The molecule has 1 aliphatic heterocycles. The van der Waals surface area contributed by atoms with E-state index in [0.717, 1.165) is 0 Å². The van der Waals surface area contributed by atoms with E-state index in [1.54, 1.807) is 81.4 Å². The van der Waals surface area contributed by atoms with Crippen molar-refractivity contribution < 1.29 is 42.7 Å². The van der Waals surface area contributed by atoms with E-state index in [9.17, 15) is 33.5 Å². The molecule has 1 aliphatic rings. The largest absolute Gasteiger partial charge is 0.445 e. The van der Waals surface area contributed by atoms with Crippen LogP contribution < -0.4 is 22.1 Å². The molecule has 238 valence electrons. The van der Waals surface area contributed by atoms with Crippen LogP contribution in [0.15, 0.2) is 60.7 Å². The minimum atomic E-state index is -1.94. The maximum Gasteiger partial charge on any atom is 0.408 e. The normalized spacial score (nSPS) is 21.8. The fraction of sp³-hybridized carbons (Fsp3) is 0.452. The van der Waals surface area contributed by atoms with Gasteiger partial charge in [-0.3, -0.25) is 14.4 Å². The van der Waals surface area contributed by atoms with E-state index in [0.29, 0.717) is 11.1 Å². The second kappa shape index (κ2) is 14.4. The average Bonchev–Trinajstić information content (AvgIpc) is 3.34. The lowest BCUT2D eigenvalue weighted by Gasteiger charge is -2.47. The lowest BCUT2D eigenvalue weighted by molar-refractivity contribution is -0.905. The van der Waals surface area contributed by atoms with Crippen LogP contribution in [-0.2, 0) is 36.9 Å². The molecule has 1 unspecified atom stereocenters. The summed E-state index contributed by atoms with van der Waals surface area (Å²) in [6.45, 7) is 4.43. The first-order valence-electron chi connectivity index (χ1n) is 14.3. The fourth-order valence-corrected chi connectivity index (χ4v) is 5.70. The molecule has 2 aromatic carbocycles. The van der Waals surface area contributed by atoms with E-state index in [1.807, 2.05) is 0 Å². The summed E-state index contributed by atoms with van der Waals surface area (Å²) in [5.41, 5.74) is 11.2. The maximum absolute atomic E-state index is 14.8. The Morgan fingerprint density at radius 2 is 1.55 bits per heavy atom. The molecule has 0 bridgehead atoms. The van der Waals surface area contributed by atoms with Crippen molar-refractivity contribution in [2.24, 2.45) is 11.5 Å². The third kappa shape index (κ3) is 8.17. The fourth-order valence-electron chi connectivity index (χ4n) is 5.70. The monoisotopic (exact) mass is 614 g/mol. The molecule has 2 aromatic rings. The van der Waals surface area contributed by atoms with Crippen LogP contribution in [0.25, 0.3) is 0 Å². The number of nitrogens with one attached hydrogen (secondary N) is 2. The highest BCUT2D eigenvalue weighted by molar-refractivity contribution is 5.91. The molecule has 44 heavy (non-hydrogen) atoms. The first-order chi connectivity index (χ1) is 20.7. The number of amides is 5. The van der Waals surface area contributed by atoms with Crippen molar-refractivity contribution in [2.75, 3.05) is 6.54 Å². The number of quaternary nitrogens is 1. The van der Waals surface area contributed by atoms with Crippen molar-refractivity contribution in [1.29, 1.82) is 0 Å². The first kappa shape index (κ1) is 34.1. The van der Waals surface area contributed by atoms with Gasteiger partial charge in [0.25, 0.3) is 5.91 Å². The van der Waals surface area contributed by atoms with Crippen molar-refractivity contribution in [1.82, 2.24) is 10.6 Å².